The van der Waals surface area contributed by atoms with E-state index in [1.165, 1.54) is 0 Å². The Morgan fingerprint density at radius 1 is 1.00 bits per heavy atom. The first-order valence-corrected chi connectivity index (χ1v) is 8.22. The van der Waals surface area contributed by atoms with Crippen LogP contribution in [0.5, 0.6) is 0 Å². The van der Waals surface area contributed by atoms with E-state index in [9.17, 15) is 4.79 Å². The predicted octanol–water partition coefficient (Wildman–Crippen LogP) is 4.46. The minimum absolute atomic E-state index is 0.245. The third-order valence-corrected chi connectivity index (χ3v) is 4.12. The van der Waals surface area contributed by atoms with Crippen LogP contribution < -0.4 is 10.6 Å². The summed E-state index contributed by atoms with van der Waals surface area (Å²) < 4.78 is 0. The first-order valence-electron chi connectivity index (χ1n) is 7.47. The molecule has 0 bridgehead atoms. The van der Waals surface area contributed by atoms with E-state index in [1.807, 2.05) is 18.2 Å². The highest BCUT2D eigenvalue weighted by molar-refractivity contribution is 6.42. The smallest absolute Gasteiger partial charge is 0.270 e. The number of rotatable bonds is 5. The molecule has 0 atom stereocenters. The zero-order valence-corrected chi connectivity index (χ0v) is 14.6. The van der Waals surface area contributed by atoms with Crippen molar-refractivity contribution in [2.75, 3.05) is 5.32 Å². The molecule has 0 saturated heterocycles. The van der Waals surface area contributed by atoms with Crippen molar-refractivity contribution in [1.82, 2.24) is 15.3 Å². The topological polar surface area (TPSA) is 66.9 Å². The van der Waals surface area contributed by atoms with Crippen LogP contribution in [0.4, 0.5) is 11.4 Å². The van der Waals surface area contributed by atoms with Gasteiger partial charge in [0.25, 0.3) is 5.91 Å². The van der Waals surface area contributed by atoms with Crippen molar-refractivity contribution >= 4 is 40.5 Å². The molecule has 25 heavy (non-hydrogen) atoms. The second kappa shape index (κ2) is 7.96. The largest absolute Gasteiger partial charge is 0.354 e. The number of halogens is 2. The Morgan fingerprint density at radius 2 is 1.84 bits per heavy atom. The Kier molecular flexibility index (Phi) is 5.48. The van der Waals surface area contributed by atoms with E-state index in [4.69, 9.17) is 23.2 Å². The molecule has 0 aliphatic carbocycles. The van der Waals surface area contributed by atoms with Crippen molar-refractivity contribution in [2.45, 2.75) is 6.54 Å². The number of amides is 1. The molecule has 0 radical (unpaired) electrons. The summed E-state index contributed by atoms with van der Waals surface area (Å²) in [6.07, 6.45) is 4.98. The quantitative estimate of drug-likeness (QED) is 0.693. The van der Waals surface area contributed by atoms with Crippen LogP contribution >= 0.6 is 23.2 Å². The van der Waals surface area contributed by atoms with Crippen molar-refractivity contribution in [3.8, 4) is 0 Å². The Hall–Kier alpha value is -2.63. The lowest BCUT2D eigenvalue weighted by Crippen LogP contribution is -2.23. The lowest BCUT2D eigenvalue weighted by molar-refractivity contribution is 0.0946. The highest BCUT2D eigenvalue weighted by Crippen LogP contribution is 2.26. The minimum Gasteiger partial charge on any atom is -0.354 e. The molecule has 1 aromatic carbocycles. The summed E-state index contributed by atoms with van der Waals surface area (Å²) in [5.41, 5.74) is 2.78. The second-order valence-electron chi connectivity index (χ2n) is 5.23. The van der Waals surface area contributed by atoms with E-state index in [2.05, 4.69) is 20.6 Å². The van der Waals surface area contributed by atoms with E-state index in [-0.39, 0.29) is 5.91 Å². The van der Waals surface area contributed by atoms with Gasteiger partial charge in [0.05, 0.1) is 21.9 Å². The summed E-state index contributed by atoms with van der Waals surface area (Å²) in [5, 5.41) is 6.91. The van der Waals surface area contributed by atoms with Gasteiger partial charge in [0, 0.05) is 24.6 Å². The molecule has 0 fully saturated rings. The lowest BCUT2D eigenvalue weighted by atomic mass is 10.2. The summed E-state index contributed by atoms with van der Waals surface area (Å²) in [7, 11) is 0. The van der Waals surface area contributed by atoms with Crippen molar-refractivity contribution in [3.63, 3.8) is 0 Å². The number of anilines is 2. The van der Waals surface area contributed by atoms with Gasteiger partial charge in [-0.1, -0.05) is 29.3 Å². The fourth-order valence-corrected chi connectivity index (χ4v) is 2.42. The van der Waals surface area contributed by atoms with E-state index in [1.54, 1.807) is 42.9 Å². The van der Waals surface area contributed by atoms with Gasteiger partial charge in [-0.05, 0) is 42.0 Å². The van der Waals surface area contributed by atoms with E-state index in [0.29, 0.717) is 22.3 Å². The zero-order valence-electron chi connectivity index (χ0n) is 13.0. The minimum atomic E-state index is -0.245. The molecule has 0 aliphatic heterocycles. The number of nitrogens with zero attached hydrogens (tertiary/aromatic N) is 2. The van der Waals surface area contributed by atoms with Crippen molar-refractivity contribution in [1.29, 1.82) is 0 Å². The van der Waals surface area contributed by atoms with Crippen molar-refractivity contribution in [2.24, 2.45) is 0 Å². The average molecular weight is 373 g/mol. The molecule has 2 heterocycles. The van der Waals surface area contributed by atoms with Crippen LogP contribution in [0.25, 0.3) is 0 Å². The van der Waals surface area contributed by atoms with Crippen molar-refractivity contribution < 1.29 is 4.79 Å². The summed E-state index contributed by atoms with van der Waals surface area (Å²) in [4.78, 5) is 20.3. The van der Waals surface area contributed by atoms with Gasteiger partial charge in [-0.2, -0.15) is 0 Å². The molecular weight excluding hydrogens is 359 g/mol. The maximum Gasteiger partial charge on any atom is 0.270 e. The number of carbonyl (C=O) groups is 1. The number of pyridine rings is 2. The molecule has 5 nitrogen and oxygen atoms in total. The molecule has 7 heteroatoms. The highest BCUT2D eigenvalue weighted by atomic mass is 35.5. The molecule has 3 aromatic rings. The lowest BCUT2D eigenvalue weighted by Gasteiger charge is -2.08. The molecule has 0 saturated carbocycles. The van der Waals surface area contributed by atoms with E-state index in [0.717, 1.165) is 16.9 Å². The predicted molar refractivity (Wildman–Crippen MR) is 99.4 cm³/mol. The highest BCUT2D eigenvalue weighted by Gasteiger charge is 2.07. The second-order valence-corrected chi connectivity index (χ2v) is 6.04. The number of benzene rings is 1. The van der Waals surface area contributed by atoms with Crippen LogP contribution in [0.2, 0.25) is 10.0 Å². The monoisotopic (exact) mass is 372 g/mol. The molecular formula is C18H14Cl2N4O. The number of carbonyl (C=O) groups excluding carboxylic acids is 1. The summed E-state index contributed by atoms with van der Waals surface area (Å²) >= 11 is 11.9. The summed E-state index contributed by atoms with van der Waals surface area (Å²) in [6.45, 7) is 0.400. The Morgan fingerprint density at radius 3 is 2.52 bits per heavy atom. The van der Waals surface area contributed by atoms with Crippen LogP contribution in [0, 0.1) is 0 Å². The number of nitrogens with one attached hydrogen (secondary N) is 2. The van der Waals surface area contributed by atoms with E-state index < -0.39 is 0 Å². The normalized spacial score (nSPS) is 10.3. The Balaban J connectivity index is 1.61. The maximum atomic E-state index is 12.1. The first kappa shape index (κ1) is 17.2. The van der Waals surface area contributed by atoms with Gasteiger partial charge in [-0.25, -0.2) is 4.98 Å². The Labute approximate surface area is 155 Å². The van der Waals surface area contributed by atoms with Crippen LogP contribution in [0.1, 0.15) is 16.1 Å². The van der Waals surface area contributed by atoms with Crippen molar-refractivity contribution in [3.05, 3.63) is 82.4 Å². The molecule has 2 aromatic heterocycles. The van der Waals surface area contributed by atoms with Crippen LogP contribution in [0.15, 0.2) is 61.1 Å². The molecule has 0 spiro atoms. The third-order valence-electron chi connectivity index (χ3n) is 3.38. The summed E-state index contributed by atoms with van der Waals surface area (Å²) in [5.74, 6) is -0.245. The standard InChI is InChI=1S/C18H14Cl2N4O/c19-15-5-3-13(8-16(15)20)24-14-4-6-17(22-11-14)18(25)23-10-12-2-1-7-21-9-12/h1-9,11,24H,10H2,(H,23,25). The van der Waals surface area contributed by atoms with Gasteiger partial charge < -0.3 is 10.6 Å². The van der Waals surface area contributed by atoms with Gasteiger partial charge >= 0.3 is 0 Å². The van der Waals surface area contributed by atoms with Gasteiger partial charge in [0.15, 0.2) is 0 Å². The van der Waals surface area contributed by atoms with Crippen LogP contribution in [-0.4, -0.2) is 15.9 Å². The average Bonchev–Trinajstić information content (AvgIpc) is 2.64. The van der Waals surface area contributed by atoms with E-state index >= 15 is 0 Å². The molecule has 126 valence electrons. The molecule has 2 N–H and O–H groups in total. The molecule has 0 unspecified atom stereocenters. The third kappa shape index (κ3) is 4.68. The zero-order chi connectivity index (χ0) is 17.6. The SMILES string of the molecule is O=C(NCc1cccnc1)c1ccc(Nc2ccc(Cl)c(Cl)c2)cn1. The fraction of sp³-hybridized carbons (Fsp3) is 0.0556. The number of hydrogen-bond acceptors (Lipinski definition) is 4. The van der Waals surface area contributed by atoms with Gasteiger partial charge in [0.1, 0.15) is 5.69 Å². The molecule has 0 aliphatic rings. The number of hydrogen-bond donors (Lipinski definition) is 2. The first-order chi connectivity index (χ1) is 12.1. The van der Waals surface area contributed by atoms with Gasteiger partial charge in [0.2, 0.25) is 0 Å². The summed E-state index contributed by atoms with van der Waals surface area (Å²) in [6, 6.07) is 12.4. The molecule has 1 amide bonds. The Bertz CT molecular complexity index is 870. The van der Waals surface area contributed by atoms with Gasteiger partial charge in [-0.3, -0.25) is 9.78 Å². The van der Waals surface area contributed by atoms with Crippen LogP contribution in [0.3, 0.4) is 0 Å². The maximum absolute atomic E-state index is 12.1. The number of aromatic nitrogens is 2. The van der Waals surface area contributed by atoms with Gasteiger partial charge in [-0.15, -0.1) is 0 Å². The fourth-order valence-electron chi connectivity index (χ4n) is 2.12. The molecule has 3 rings (SSSR count). The van der Waals surface area contributed by atoms with Crippen LogP contribution in [-0.2, 0) is 6.54 Å².